The van der Waals surface area contributed by atoms with Gasteiger partial charge in [-0.15, -0.1) is 0 Å². The minimum Gasteiger partial charge on any atom is -0.495 e. The predicted molar refractivity (Wildman–Crippen MR) is 132 cm³/mol. The fraction of sp³-hybridized carbons (Fsp3) is 0.500. The zero-order valence-electron chi connectivity index (χ0n) is 20.0. The van der Waals surface area contributed by atoms with E-state index in [1.807, 2.05) is 19.1 Å². The topological polar surface area (TPSA) is 84.9 Å². The van der Waals surface area contributed by atoms with Gasteiger partial charge in [0.05, 0.1) is 7.11 Å². The smallest absolute Gasteiger partial charge is 0.265 e. The van der Waals surface area contributed by atoms with Crippen LogP contribution in [-0.4, -0.2) is 44.9 Å². The lowest BCUT2D eigenvalue weighted by atomic mass is 9.92. The second kappa shape index (κ2) is 10.8. The number of rotatable bonds is 8. The van der Waals surface area contributed by atoms with Crippen LogP contribution in [0.1, 0.15) is 56.6 Å². The Balaban J connectivity index is 1.51. The zero-order valence-corrected chi connectivity index (χ0v) is 20.8. The van der Waals surface area contributed by atoms with E-state index in [-0.39, 0.29) is 16.6 Å². The maximum atomic E-state index is 13.3. The summed E-state index contributed by atoms with van der Waals surface area (Å²) in [7, 11) is -2.27. The maximum absolute atomic E-state index is 13.3. The van der Waals surface area contributed by atoms with E-state index in [1.54, 1.807) is 12.1 Å². The molecule has 1 heterocycles. The molecule has 0 bridgehead atoms. The number of nitrogens with one attached hydrogen (secondary N) is 1. The van der Waals surface area contributed by atoms with Gasteiger partial charge in [-0.3, -0.25) is 4.79 Å². The molecular weight excluding hydrogens is 452 g/mol. The summed E-state index contributed by atoms with van der Waals surface area (Å²) in [5, 5.41) is 2.84. The zero-order chi connectivity index (χ0) is 24.1. The van der Waals surface area contributed by atoms with Crippen molar-refractivity contribution in [2.45, 2.75) is 69.3 Å². The number of fused-ring (bicyclic) bond motifs is 1. The van der Waals surface area contributed by atoms with Crippen LogP contribution >= 0.6 is 0 Å². The summed E-state index contributed by atoms with van der Waals surface area (Å²) in [6.07, 6.45) is 7.03. The number of piperidine rings is 1. The molecule has 2 aliphatic rings. The number of sulfonamides is 1. The molecule has 1 aliphatic heterocycles. The highest BCUT2D eigenvalue weighted by Crippen LogP contribution is 2.31. The highest BCUT2D eigenvalue weighted by molar-refractivity contribution is 7.89. The number of aryl methyl sites for hydroxylation is 2. The van der Waals surface area contributed by atoms with Crippen LogP contribution in [0.25, 0.3) is 0 Å². The highest BCUT2D eigenvalue weighted by Gasteiger charge is 2.30. The number of carbonyl (C=O) groups is 1. The van der Waals surface area contributed by atoms with Crippen LogP contribution in [-0.2, 0) is 27.7 Å². The van der Waals surface area contributed by atoms with Crippen molar-refractivity contribution in [3.05, 3.63) is 47.5 Å². The Kier molecular flexibility index (Phi) is 7.78. The summed E-state index contributed by atoms with van der Waals surface area (Å²) in [5.41, 5.74) is 3.05. The van der Waals surface area contributed by atoms with Gasteiger partial charge < -0.3 is 14.8 Å². The van der Waals surface area contributed by atoms with Crippen LogP contribution in [0.15, 0.2) is 41.3 Å². The van der Waals surface area contributed by atoms with Crippen LogP contribution < -0.4 is 14.8 Å². The molecule has 0 unspecified atom stereocenters. The largest absolute Gasteiger partial charge is 0.495 e. The van der Waals surface area contributed by atoms with Gasteiger partial charge in [-0.1, -0.05) is 19.4 Å². The summed E-state index contributed by atoms with van der Waals surface area (Å²) in [6, 6.07) is 10.8. The van der Waals surface area contributed by atoms with Gasteiger partial charge in [-0.25, -0.2) is 8.42 Å². The summed E-state index contributed by atoms with van der Waals surface area (Å²) in [4.78, 5) is 13.1. The quantitative estimate of drug-likeness (QED) is 0.592. The van der Waals surface area contributed by atoms with Crippen LogP contribution in [0, 0.1) is 0 Å². The number of hydrogen-bond acceptors (Lipinski definition) is 5. The molecule has 2 aromatic carbocycles. The Morgan fingerprint density at radius 3 is 2.44 bits per heavy atom. The number of carbonyl (C=O) groups excluding carboxylic acids is 1. The Labute approximate surface area is 202 Å². The molecule has 34 heavy (non-hydrogen) atoms. The normalized spacial score (nSPS) is 17.5. The predicted octanol–water partition coefficient (Wildman–Crippen LogP) is 4.54. The van der Waals surface area contributed by atoms with E-state index in [2.05, 4.69) is 11.4 Å². The second-order valence-electron chi connectivity index (χ2n) is 8.97. The standard InChI is InChI=1S/C26H34N2O5S/c1-3-23(33-22-13-11-19-9-5-6-10-20(19)17-22)26(29)27-21-12-14-24(32-2)25(18-21)34(30,31)28-15-7-4-8-16-28/h11-14,17-18,23H,3-10,15-16H2,1-2H3,(H,27,29)/t23-/m0/s1. The van der Waals surface area contributed by atoms with Crippen LogP contribution in [0.3, 0.4) is 0 Å². The third-order valence-electron chi connectivity index (χ3n) is 6.63. The molecule has 1 saturated heterocycles. The summed E-state index contributed by atoms with van der Waals surface area (Å²) in [5.74, 6) is 0.637. The third kappa shape index (κ3) is 5.39. The molecule has 1 N–H and O–H groups in total. The SMILES string of the molecule is CC[C@H](Oc1ccc2c(c1)CCCC2)C(=O)Nc1ccc(OC)c(S(=O)(=O)N2CCCCC2)c1. The van der Waals surface area contributed by atoms with Crippen molar-refractivity contribution in [1.82, 2.24) is 4.31 Å². The second-order valence-corrected chi connectivity index (χ2v) is 10.9. The van der Waals surface area contributed by atoms with E-state index in [4.69, 9.17) is 9.47 Å². The monoisotopic (exact) mass is 486 g/mol. The van der Waals surface area contributed by atoms with Gasteiger partial charge in [-0.05, 0) is 86.4 Å². The molecule has 0 saturated carbocycles. The minimum atomic E-state index is -3.72. The molecular formula is C26H34N2O5S. The van der Waals surface area contributed by atoms with Crippen molar-refractivity contribution in [2.24, 2.45) is 0 Å². The van der Waals surface area contributed by atoms with Gasteiger partial charge in [0, 0.05) is 18.8 Å². The number of hydrogen-bond donors (Lipinski definition) is 1. The van der Waals surface area contributed by atoms with Crippen molar-refractivity contribution >= 4 is 21.6 Å². The molecule has 1 aliphatic carbocycles. The average molecular weight is 487 g/mol. The number of amides is 1. The first-order valence-electron chi connectivity index (χ1n) is 12.2. The summed E-state index contributed by atoms with van der Waals surface area (Å²) in [6.45, 7) is 2.88. The molecule has 0 radical (unpaired) electrons. The van der Waals surface area contributed by atoms with Crippen molar-refractivity contribution in [2.75, 3.05) is 25.5 Å². The van der Waals surface area contributed by atoms with E-state index in [0.29, 0.717) is 30.9 Å². The van der Waals surface area contributed by atoms with Crippen LogP contribution in [0.4, 0.5) is 5.69 Å². The number of ether oxygens (including phenoxy) is 2. The van der Waals surface area contributed by atoms with Gasteiger partial charge in [0.15, 0.2) is 6.10 Å². The Hall–Kier alpha value is -2.58. The van der Waals surface area contributed by atoms with Crippen LogP contribution in [0.5, 0.6) is 11.5 Å². The fourth-order valence-electron chi connectivity index (χ4n) is 4.69. The van der Waals surface area contributed by atoms with Gasteiger partial charge >= 0.3 is 0 Å². The lowest BCUT2D eigenvalue weighted by Crippen LogP contribution is -2.36. The van der Waals surface area contributed by atoms with E-state index in [0.717, 1.165) is 32.1 Å². The van der Waals surface area contributed by atoms with Gasteiger partial charge in [0.25, 0.3) is 5.91 Å². The highest BCUT2D eigenvalue weighted by atomic mass is 32.2. The molecule has 1 atom stereocenters. The molecule has 1 fully saturated rings. The average Bonchev–Trinajstić information content (AvgIpc) is 2.87. The molecule has 8 heteroatoms. The molecule has 0 spiro atoms. The van der Waals surface area contributed by atoms with Crippen molar-refractivity contribution in [1.29, 1.82) is 0 Å². The third-order valence-corrected chi connectivity index (χ3v) is 8.55. The molecule has 2 aromatic rings. The Morgan fingerprint density at radius 1 is 1.00 bits per heavy atom. The maximum Gasteiger partial charge on any atom is 0.265 e. The van der Waals surface area contributed by atoms with Gasteiger partial charge in [-0.2, -0.15) is 4.31 Å². The lowest BCUT2D eigenvalue weighted by Gasteiger charge is -2.26. The first-order chi connectivity index (χ1) is 16.4. The first kappa shape index (κ1) is 24.5. The number of benzene rings is 2. The molecule has 4 rings (SSSR count). The van der Waals surface area contributed by atoms with Crippen LogP contribution in [0.2, 0.25) is 0 Å². The molecule has 7 nitrogen and oxygen atoms in total. The molecule has 0 aromatic heterocycles. The van der Waals surface area contributed by atoms with E-state index in [9.17, 15) is 13.2 Å². The summed E-state index contributed by atoms with van der Waals surface area (Å²) < 4.78 is 39.4. The van der Waals surface area contributed by atoms with E-state index in [1.165, 1.54) is 41.4 Å². The summed E-state index contributed by atoms with van der Waals surface area (Å²) >= 11 is 0. The number of nitrogens with zero attached hydrogens (tertiary/aromatic N) is 1. The number of methoxy groups -OCH3 is 1. The Morgan fingerprint density at radius 2 is 1.74 bits per heavy atom. The Bertz CT molecular complexity index is 1130. The first-order valence-corrected chi connectivity index (χ1v) is 13.6. The van der Waals surface area contributed by atoms with Crippen molar-refractivity contribution in [3.63, 3.8) is 0 Å². The van der Waals surface area contributed by atoms with E-state index < -0.39 is 16.1 Å². The van der Waals surface area contributed by atoms with Crippen molar-refractivity contribution < 1.29 is 22.7 Å². The number of anilines is 1. The van der Waals surface area contributed by atoms with E-state index >= 15 is 0 Å². The van der Waals surface area contributed by atoms with Gasteiger partial charge in [0.1, 0.15) is 16.4 Å². The van der Waals surface area contributed by atoms with Gasteiger partial charge in [0.2, 0.25) is 10.0 Å². The van der Waals surface area contributed by atoms with Crippen molar-refractivity contribution in [3.8, 4) is 11.5 Å². The minimum absolute atomic E-state index is 0.0679. The fourth-order valence-corrected chi connectivity index (χ4v) is 6.39. The lowest BCUT2D eigenvalue weighted by molar-refractivity contribution is -0.122. The molecule has 184 valence electrons. The molecule has 1 amide bonds.